The minimum absolute atomic E-state index is 0.0413. The third-order valence-electron chi connectivity index (χ3n) is 7.90. The minimum atomic E-state index is -0.552. The zero-order chi connectivity index (χ0) is 38.4. The zero-order valence-electron chi connectivity index (χ0n) is 33.4. The van der Waals surface area contributed by atoms with Gasteiger partial charge in [0.2, 0.25) is 0 Å². The lowest BCUT2D eigenvalue weighted by Crippen LogP contribution is -2.01. The van der Waals surface area contributed by atoms with Crippen molar-refractivity contribution in [1.29, 1.82) is 0 Å². The molecule has 9 aromatic rings. The molecular formula is C41H25N3O. The number of furan rings is 1. The first-order chi connectivity index (χ1) is 26.5. The average molecular weight is 586 g/mol. The highest BCUT2D eigenvalue weighted by Crippen LogP contribution is 2.42. The highest BCUT2D eigenvalue weighted by atomic mass is 16.3. The molecule has 0 aliphatic heterocycles. The summed E-state index contributed by atoms with van der Waals surface area (Å²) in [5.41, 5.74) is 1.73. The first kappa shape index (κ1) is 17.2. The highest BCUT2D eigenvalue weighted by Gasteiger charge is 2.21. The summed E-state index contributed by atoms with van der Waals surface area (Å²) < 4.78 is 91.4. The fourth-order valence-corrected chi connectivity index (χ4v) is 5.93. The Balaban J connectivity index is 1.41. The van der Waals surface area contributed by atoms with Crippen molar-refractivity contribution in [3.05, 3.63) is 151 Å². The van der Waals surface area contributed by atoms with Gasteiger partial charge in [0.25, 0.3) is 0 Å². The maximum atomic E-state index is 8.82. The van der Waals surface area contributed by atoms with Gasteiger partial charge in [0.1, 0.15) is 11.2 Å². The van der Waals surface area contributed by atoms with Gasteiger partial charge in [-0.2, -0.15) is 0 Å². The quantitative estimate of drug-likeness (QED) is 0.193. The van der Waals surface area contributed by atoms with E-state index in [4.69, 9.17) is 33.1 Å². The van der Waals surface area contributed by atoms with Crippen LogP contribution >= 0.6 is 0 Å². The summed E-state index contributed by atoms with van der Waals surface area (Å²) in [5, 5.41) is 4.79. The van der Waals surface area contributed by atoms with Gasteiger partial charge in [0.15, 0.2) is 17.5 Å². The second-order valence-electron chi connectivity index (χ2n) is 10.5. The lowest BCUT2D eigenvalue weighted by atomic mass is 9.96. The molecule has 0 N–H and O–H groups in total. The van der Waals surface area contributed by atoms with Gasteiger partial charge in [-0.05, 0) is 51.4 Å². The highest BCUT2D eigenvalue weighted by molar-refractivity contribution is 6.16. The third-order valence-corrected chi connectivity index (χ3v) is 7.90. The molecule has 4 heteroatoms. The molecule has 0 saturated carbocycles. The molecule has 0 atom stereocenters. The Morgan fingerprint density at radius 1 is 0.467 bits per heavy atom. The molecule has 45 heavy (non-hydrogen) atoms. The summed E-state index contributed by atoms with van der Waals surface area (Å²) in [5.74, 6) is 0.127. The summed E-state index contributed by atoms with van der Waals surface area (Å²) in [7, 11) is 0. The van der Waals surface area contributed by atoms with E-state index < -0.39 is 60.4 Å². The van der Waals surface area contributed by atoms with Crippen molar-refractivity contribution in [3.63, 3.8) is 0 Å². The van der Waals surface area contributed by atoms with E-state index in [-0.39, 0.29) is 39.7 Å². The average Bonchev–Trinajstić information content (AvgIpc) is 3.60. The molecule has 0 fully saturated rings. The van der Waals surface area contributed by atoms with Gasteiger partial charge in [0.05, 0.1) is 13.7 Å². The van der Waals surface area contributed by atoms with Crippen LogP contribution < -0.4 is 0 Å². The molecule has 0 aliphatic carbocycles. The summed E-state index contributed by atoms with van der Waals surface area (Å²) in [6.07, 6.45) is 0. The molecule has 210 valence electrons. The molecule has 7 aromatic carbocycles. The topological polar surface area (TPSA) is 51.8 Å². The normalized spacial score (nSPS) is 14.7. The Morgan fingerprint density at radius 2 is 1.04 bits per heavy atom. The summed E-state index contributed by atoms with van der Waals surface area (Å²) in [4.78, 5) is 14.6. The van der Waals surface area contributed by atoms with E-state index >= 15 is 0 Å². The Kier molecular flexibility index (Phi) is 3.93. The van der Waals surface area contributed by atoms with Crippen LogP contribution in [-0.2, 0) is 0 Å². The second-order valence-corrected chi connectivity index (χ2v) is 10.5. The second kappa shape index (κ2) is 10.2. The molecule has 0 unspecified atom stereocenters. The Hall–Kier alpha value is -6.13. The molecule has 9 rings (SSSR count). The van der Waals surface area contributed by atoms with E-state index in [1.807, 2.05) is 66.7 Å². The SMILES string of the molecule is [2H]c1c([2H])c([2H])c(-c2nc(-c3cc4ccccc4c4ccccc34)nc(-c3ccc(-c4c([2H])c([2H])c([2H])c([2H])c4[2H])c4oc5ccccc5c34)n2)c([2H])c1[2H]. The molecule has 0 bridgehead atoms. The van der Waals surface area contributed by atoms with E-state index in [1.54, 1.807) is 24.3 Å². The van der Waals surface area contributed by atoms with Crippen molar-refractivity contribution in [2.24, 2.45) is 0 Å². The molecule has 0 spiro atoms. The molecule has 2 aromatic heterocycles. The largest absolute Gasteiger partial charge is 0.455 e. The lowest BCUT2D eigenvalue weighted by molar-refractivity contribution is 0.670. The van der Waals surface area contributed by atoms with Gasteiger partial charge in [-0.15, -0.1) is 0 Å². The molecule has 0 radical (unpaired) electrons. The van der Waals surface area contributed by atoms with Gasteiger partial charge in [0, 0.05) is 33.0 Å². The third kappa shape index (κ3) is 4.19. The van der Waals surface area contributed by atoms with Crippen LogP contribution in [0.5, 0.6) is 0 Å². The fourth-order valence-electron chi connectivity index (χ4n) is 5.93. The fraction of sp³-hybridized carbons (Fsp3) is 0. The van der Waals surface area contributed by atoms with Gasteiger partial charge >= 0.3 is 0 Å². The summed E-state index contributed by atoms with van der Waals surface area (Å²) in [6.45, 7) is 0. The molecular weight excluding hydrogens is 550 g/mol. The smallest absolute Gasteiger partial charge is 0.164 e. The van der Waals surface area contributed by atoms with E-state index in [9.17, 15) is 0 Å². The first-order valence-electron chi connectivity index (χ1n) is 19.2. The van der Waals surface area contributed by atoms with E-state index in [1.165, 1.54) is 0 Å². The van der Waals surface area contributed by atoms with Crippen LogP contribution in [0.4, 0.5) is 0 Å². The van der Waals surface area contributed by atoms with Crippen molar-refractivity contribution >= 4 is 43.5 Å². The number of para-hydroxylation sites is 1. The summed E-state index contributed by atoms with van der Waals surface area (Å²) >= 11 is 0. The maximum Gasteiger partial charge on any atom is 0.164 e. The van der Waals surface area contributed by atoms with Gasteiger partial charge < -0.3 is 4.42 Å². The molecule has 2 heterocycles. The molecule has 0 amide bonds. The molecule has 4 nitrogen and oxygen atoms in total. The molecule has 0 saturated heterocycles. The number of hydrogen-bond donors (Lipinski definition) is 0. The van der Waals surface area contributed by atoms with Crippen LogP contribution in [0.15, 0.2) is 156 Å². The zero-order valence-corrected chi connectivity index (χ0v) is 23.4. The first-order valence-corrected chi connectivity index (χ1v) is 14.2. The van der Waals surface area contributed by atoms with Gasteiger partial charge in [-0.1, -0.05) is 127 Å². The predicted molar refractivity (Wildman–Crippen MR) is 184 cm³/mol. The monoisotopic (exact) mass is 585 g/mol. The van der Waals surface area contributed by atoms with Crippen molar-refractivity contribution in [2.45, 2.75) is 0 Å². The van der Waals surface area contributed by atoms with Crippen molar-refractivity contribution < 1.29 is 18.1 Å². The van der Waals surface area contributed by atoms with Crippen LogP contribution in [0, 0.1) is 0 Å². The van der Waals surface area contributed by atoms with E-state index in [0.717, 1.165) is 21.5 Å². The van der Waals surface area contributed by atoms with Crippen LogP contribution in [0.2, 0.25) is 0 Å². The number of fused-ring (bicyclic) bond motifs is 6. The Labute approximate surface area is 273 Å². The Morgan fingerprint density at radius 3 is 1.82 bits per heavy atom. The number of rotatable bonds is 4. The van der Waals surface area contributed by atoms with Crippen molar-refractivity contribution in [1.82, 2.24) is 15.0 Å². The van der Waals surface area contributed by atoms with Gasteiger partial charge in [-0.3, -0.25) is 0 Å². The number of hydrogen-bond acceptors (Lipinski definition) is 4. The van der Waals surface area contributed by atoms with Crippen molar-refractivity contribution in [2.75, 3.05) is 0 Å². The maximum absolute atomic E-state index is 8.82. The van der Waals surface area contributed by atoms with Crippen LogP contribution in [0.25, 0.3) is 88.8 Å². The number of nitrogens with zero attached hydrogens (tertiary/aromatic N) is 3. The minimum Gasteiger partial charge on any atom is -0.455 e. The predicted octanol–water partition coefficient (Wildman–Crippen LogP) is 10.7. The van der Waals surface area contributed by atoms with E-state index in [2.05, 4.69) is 0 Å². The van der Waals surface area contributed by atoms with Crippen LogP contribution in [0.3, 0.4) is 0 Å². The Bertz CT molecular complexity index is 3070. The number of benzene rings is 7. The van der Waals surface area contributed by atoms with Crippen LogP contribution in [-0.4, -0.2) is 15.0 Å². The van der Waals surface area contributed by atoms with Crippen LogP contribution in [0.1, 0.15) is 13.7 Å². The lowest BCUT2D eigenvalue weighted by Gasteiger charge is -2.13. The van der Waals surface area contributed by atoms with Crippen molar-refractivity contribution in [3.8, 4) is 45.3 Å². The van der Waals surface area contributed by atoms with E-state index in [0.29, 0.717) is 27.5 Å². The standard InChI is InChI=1S/C41H25N3O/c1-3-13-26(14-4-1)30-23-24-34(37-33-21-11-12-22-36(33)45-38(30)37)40-42-39(27-15-5-2-6-16-27)43-41(44-40)35-25-28-17-7-8-18-29(28)31-19-9-10-20-32(31)35/h1-25H/i1D,2D,3D,4D,5D,6D,13D,14D,15D,16D. The summed E-state index contributed by atoms with van der Waals surface area (Å²) in [6, 6.07) is 23.2. The molecule has 0 aliphatic rings. The van der Waals surface area contributed by atoms with Gasteiger partial charge in [-0.25, -0.2) is 15.0 Å². The number of aromatic nitrogens is 3.